The van der Waals surface area contributed by atoms with Crippen molar-refractivity contribution in [3.05, 3.63) is 18.2 Å². The molecule has 0 aliphatic heterocycles. The van der Waals surface area contributed by atoms with Crippen LogP contribution in [0.1, 0.15) is 6.92 Å². The van der Waals surface area contributed by atoms with Gasteiger partial charge in [-0.25, -0.2) is 8.42 Å². The highest BCUT2D eigenvalue weighted by molar-refractivity contribution is 7.89. The van der Waals surface area contributed by atoms with Crippen LogP contribution in [0, 0.1) is 0 Å². The van der Waals surface area contributed by atoms with Gasteiger partial charge in [-0.2, -0.15) is 4.72 Å². The predicted molar refractivity (Wildman–Crippen MR) is 67.1 cm³/mol. The van der Waals surface area contributed by atoms with E-state index in [0.717, 1.165) is 32.2 Å². The lowest BCUT2D eigenvalue weighted by Gasteiger charge is -2.17. The highest BCUT2D eigenvalue weighted by Gasteiger charge is 2.36. The number of halogens is 3. The molecule has 1 atom stereocenters. The molecule has 22 heavy (non-hydrogen) atoms. The molecule has 7 nitrogen and oxygen atoms in total. The Morgan fingerprint density at radius 3 is 2.32 bits per heavy atom. The SMILES string of the molecule is COc1cccc(OC(F)(F)F)c1S(=O)(=O)N[C@H](C)C(=O)O. The Kier molecular flexibility index (Phi) is 5.25. The summed E-state index contributed by atoms with van der Waals surface area (Å²) in [6.07, 6.45) is -5.13. The van der Waals surface area contributed by atoms with Crippen molar-refractivity contribution in [2.75, 3.05) is 7.11 Å². The third-order valence-electron chi connectivity index (χ3n) is 2.36. The van der Waals surface area contributed by atoms with Crippen LogP contribution in [0.2, 0.25) is 0 Å². The summed E-state index contributed by atoms with van der Waals surface area (Å²) in [5, 5.41) is 8.71. The van der Waals surface area contributed by atoms with E-state index in [1.807, 2.05) is 0 Å². The lowest BCUT2D eigenvalue weighted by molar-refractivity contribution is -0.275. The molecule has 0 aromatic heterocycles. The number of rotatable bonds is 6. The van der Waals surface area contributed by atoms with Gasteiger partial charge in [-0.15, -0.1) is 13.2 Å². The molecule has 0 amide bonds. The van der Waals surface area contributed by atoms with Gasteiger partial charge in [-0.1, -0.05) is 6.07 Å². The number of hydrogen-bond donors (Lipinski definition) is 2. The van der Waals surface area contributed by atoms with E-state index in [0.29, 0.717) is 0 Å². The van der Waals surface area contributed by atoms with Gasteiger partial charge in [0.2, 0.25) is 10.0 Å². The van der Waals surface area contributed by atoms with Gasteiger partial charge in [-0.05, 0) is 19.1 Å². The van der Waals surface area contributed by atoms with Gasteiger partial charge in [0.1, 0.15) is 11.8 Å². The quantitative estimate of drug-likeness (QED) is 0.808. The highest BCUT2D eigenvalue weighted by Crippen LogP contribution is 2.36. The highest BCUT2D eigenvalue weighted by atomic mass is 32.2. The summed E-state index contributed by atoms with van der Waals surface area (Å²) in [7, 11) is -3.58. The molecule has 0 aliphatic rings. The average Bonchev–Trinajstić information content (AvgIpc) is 2.35. The monoisotopic (exact) mass is 343 g/mol. The van der Waals surface area contributed by atoms with Gasteiger partial charge < -0.3 is 14.6 Å². The molecule has 0 radical (unpaired) electrons. The number of aliphatic carboxylic acids is 1. The van der Waals surface area contributed by atoms with Crippen molar-refractivity contribution in [1.29, 1.82) is 0 Å². The Bertz CT molecular complexity index is 658. The molecule has 11 heteroatoms. The van der Waals surface area contributed by atoms with E-state index >= 15 is 0 Å². The van der Waals surface area contributed by atoms with E-state index in [9.17, 15) is 26.4 Å². The summed E-state index contributed by atoms with van der Waals surface area (Å²) in [4.78, 5) is 9.77. The molecular formula is C11H12F3NO6S. The van der Waals surface area contributed by atoms with Gasteiger partial charge in [-0.3, -0.25) is 4.79 Å². The molecule has 0 fully saturated rings. The molecule has 0 spiro atoms. The smallest absolute Gasteiger partial charge is 0.495 e. The Morgan fingerprint density at radius 1 is 1.32 bits per heavy atom. The van der Waals surface area contributed by atoms with Crippen LogP contribution in [0.5, 0.6) is 11.5 Å². The molecule has 1 aromatic rings. The number of carboxylic acid groups (broad SMARTS) is 1. The third kappa shape index (κ3) is 4.49. The number of nitrogens with one attached hydrogen (secondary N) is 1. The second-order valence-electron chi connectivity index (χ2n) is 4.02. The van der Waals surface area contributed by atoms with Crippen molar-refractivity contribution in [1.82, 2.24) is 4.72 Å². The maximum Gasteiger partial charge on any atom is 0.573 e. The van der Waals surface area contributed by atoms with Crippen LogP contribution in [0.15, 0.2) is 23.1 Å². The Morgan fingerprint density at radius 2 is 1.86 bits per heavy atom. The summed E-state index contributed by atoms with van der Waals surface area (Å²) in [6.45, 7) is 1.01. The number of benzene rings is 1. The summed E-state index contributed by atoms with van der Waals surface area (Å²) >= 11 is 0. The Hall–Kier alpha value is -2.01. The molecule has 2 N–H and O–H groups in total. The number of sulfonamides is 1. The van der Waals surface area contributed by atoms with Crippen LogP contribution in [-0.2, 0) is 14.8 Å². The van der Waals surface area contributed by atoms with Gasteiger partial charge >= 0.3 is 12.3 Å². The van der Waals surface area contributed by atoms with Crippen LogP contribution < -0.4 is 14.2 Å². The number of methoxy groups -OCH3 is 1. The molecule has 124 valence electrons. The minimum absolute atomic E-state index is 0.424. The first-order valence-corrected chi connectivity index (χ1v) is 7.14. The minimum atomic E-state index is -5.13. The van der Waals surface area contributed by atoms with E-state index in [1.54, 1.807) is 4.72 Å². The second-order valence-corrected chi connectivity index (χ2v) is 5.67. The largest absolute Gasteiger partial charge is 0.573 e. The van der Waals surface area contributed by atoms with Crippen molar-refractivity contribution >= 4 is 16.0 Å². The van der Waals surface area contributed by atoms with Crippen molar-refractivity contribution in [2.45, 2.75) is 24.2 Å². The van der Waals surface area contributed by atoms with Gasteiger partial charge in [0, 0.05) is 0 Å². The normalized spacial score (nSPS) is 13.5. The molecule has 1 aromatic carbocycles. The topological polar surface area (TPSA) is 102 Å². The van der Waals surface area contributed by atoms with E-state index in [-0.39, 0.29) is 0 Å². The van der Waals surface area contributed by atoms with E-state index in [1.165, 1.54) is 0 Å². The minimum Gasteiger partial charge on any atom is -0.495 e. The van der Waals surface area contributed by atoms with Gasteiger partial charge in [0.15, 0.2) is 10.6 Å². The Balaban J connectivity index is 3.39. The van der Waals surface area contributed by atoms with E-state index in [2.05, 4.69) is 4.74 Å². The third-order valence-corrected chi connectivity index (χ3v) is 3.96. The van der Waals surface area contributed by atoms with Crippen molar-refractivity contribution in [2.24, 2.45) is 0 Å². The fourth-order valence-electron chi connectivity index (χ4n) is 1.47. The van der Waals surface area contributed by atoms with Crippen LogP contribution in [0.3, 0.4) is 0 Å². The summed E-state index contributed by atoms with van der Waals surface area (Å²) in [5.74, 6) is -2.96. The lowest BCUT2D eigenvalue weighted by Crippen LogP contribution is -2.38. The van der Waals surface area contributed by atoms with Crippen molar-refractivity contribution < 1.29 is 41.0 Å². The maximum atomic E-state index is 12.4. The van der Waals surface area contributed by atoms with E-state index in [4.69, 9.17) is 9.84 Å². The fraction of sp³-hybridized carbons (Fsp3) is 0.364. The first-order chi connectivity index (χ1) is 9.98. The number of ether oxygens (including phenoxy) is 2. The molecule has 0 saturated carbocycles. The predicted octanol–water partition coefficient (Wildman–Crippen LogP) is 1.35. The zero-order valence-electron chi connectivity index (χ0n) is 11.3. The van der Waals surface area contributed by atoms with Gasteiger partial charge in [0.05, 0.1) is 7.11 Å². The number of carboxylic acids is 1. The molecule has 0 aliphatic carbocycles. The maximum absolute atomic E-state index is 12.4. The molecular weight excluding hydrogens is 331 g/mol. The number of carbonyl (C=O) groups is 1. The zero-order chi connectivity index (χ0) is 17.1. The number of alkyl halides is 3. The first-order valence-electron chi connectivity index (χ1n) is 5.66. The molecule has 0 saturated heterocycles. The average molecular weight is 343 g/mol. The molecule has 0 unspecified atom stereocenters. The lowest BCUT2D eigenvalue weighted by atomic mass is 10.3. The standard InChI is InChI=1S/C11H12F3NO6S/c1-6(10(16)17)15-22(18,19)9-7(20-2)4-3-5-8(9)21-11(12,13)14/h3-6,15H,1-2H3,(H,16,17)/t6-/m1/s1. The van der Waals surface area contributed by atoms with Gasteiger partial charge in [0.25, 0.3) is 0 Å². The first kappa shape index (κ1) is 18.0. The van der Waals surface area contributed by atoms with Crippen molar-refractivity contribution in [3.8, 4) is 11.5 Å². The Labute approximate surface area is 123 Å². The zero-order valence-corrected chi connectivity index (χ0v) is 12.2. The van der Waals surface area contributed by atoms with Crippen LogP contribution in [-0.4, -0.2) is 39.0 Å². The second kappa shape index (κ2) is 6.40. The summed E-state index contributed by atoms with van der Waals surface area (Å²) in [5.41, 5.74) is 0. The van der Waals surface area contributed by atoms with Crippen LogP contribution >= 0.6 is 0 Å². The van der Waals surface area contributed by atoms with Crippen molar-refractivity contribution in [3.63, 3.8) is 0 Å². The number of hydrogen-bond acceptors (Lipinski definition) is 5. The molecule has 1 rings (SSSR count). The summed E-state index contributed by atoms with van der Waals surface area (Å²) in [6, 6.07) is 1.41. The fourth-order valence-corrected chi connectivity index (χ4v) is 2.94. The molecule has 0 heterocycles. The molecule has 0 bridgehead atoms. The summed E-state index contributed by atoms with van der Waals surface area (Å²) < 4.78 is 71.4. The van der Waals surface area contributed by atoms with E-state index < -0.39 is 44.8 Å². The van der Waals surface area contributed by atoms with Crippen LogP contribution in [0.25, 0.3) is 0 Å². The van der Waals surface area contributed by atoms with Crippen LogP contribution in [0.4, 0.5) is 13.2 Å².